The number of furan rings is 1. The van der Waals surface area contributed by atoms with Crippen LogP contribution in [0.25, 0.3) is 5.70 Å². The van der Waals surface area contributed by atoms with E-state index in [0.717, 1.165) is 62.5 Å². The van der Waals surface area contributed by atoms with Gasteiger partial charge in [0.1, 0.15) is 16.8 Å². The maximum atomic E-state index is 15.2. The molecule has 1 aliphatic rings. The minimum atomic E-state index is -4.16. The molecule has 214 valence electrons. The number of hydrazine groups is 1. The van der Waals surface area contributed by atoms with E-state index in [1.807, 2.05) is 19.9 Å². The summed E-state index contributed by atoms with van der Waals surface area (Å²) in [6, 6.07) is 4.93. The highest BCUT2D eigenvalue weighted by atomic mass is 32.2. The summed E-state index contributed by atoms with van der Waals surface area (Å²) >= 11 is 0. The summed E-state index contributed by atoms with van der Waals surface area (Å²) in [6.07, 6.45) is 13.7. The lowest BCUT2D eigenvalue weighted by Gasteiger charge is -2.24. The van der Waals surface area contributed by atoms with E-state index in [2.05, 4.69) is 14.6 Å². The number of aromatic nitrogens is 1. The second-order valence-corrected chi connectivity index (χ2v) is 10.5. The molecule has 0 bridgehead atoms. The van der Waals surface area contributed by atoms with Gasteiger partial charge in [-0.1, -0.05) is 39.5 Å². The Bertz CT molecular complexity index is 1350. The van der Waals surface area contributed by atoms with Gasteiger partial charge in [0.2, 0.25) is 0 Å². The van der Waals surface area contributed by atoms with E-state index in [9.17, 15) is 12.8 Å². The standard InChI is InChI=1S/C25H30F2N6O3S.C2H6.H2/c26-21-7-8-23(31-37(34,35)20-9-12-36-17-20)24(27)25(21)33(29)16-22(28)18-13-19(15-30-14-18)32-10-5-3-1-2-4-6-11-32;1-2;/h7-9,12-17,31H,1-6,10-11,28-29H2;1-2H3;1H/b22-16-;;. The minimum absolute atomic E-state index is 0. The Kier molecular flexibility index (Phi) is 10.7. The van der Waals surface area contributed by atoms with Crippen molar-refractivity contribution in [1.82, 2.24) is 4.98 Å². The Morgan fingerprint density at radius 3 is 2.41 bits per heavy atom. The van der Waals surface area contributed by atoms with Gasteiger partial charge in [0.05, 0.1) is 29.5 Å². The van der Waals surface area contributed by atoms with Gasteiger partial charge in [-0.3, -0.25) is 14.7 Å². The SMILES string of the molecule is CC.N/C(=C\N(N)c1c(F)ccc(NS(=O)(=O)c2ccoc2)c1F)c1cncc(N2CCCCCCCC2)c1.[HH]. The Morgan fingerprint density at radius 2 is 1.77 bits per heavy atom. The molecule has 4 rings (SSSR count). The van der Waals surface area contributed by atoms with Crippen LogP contribution in [-0.4, -0.2) is 26.5 Å². The fourth-order valence-corrected chi connectivity index (χ4v) is 5.18. The first-order valence-electron chi connectivity index (χ1n) is 13.0. The second kappa shape index (κ2) is 13.9. The van der Waals surface area contributed by atoms with Gasteiger partial charge in [-0.2, -0.15) is 0 Å². The van der Waals surface area contributed by atoms with Crippen LogP contribution in [0.4, 0.5) is 25.8 Å². The van der Waals surface area contributed by atoms with Crippen LogP contribution < -0.4 is 26.2 Å². The molecule has 0 radical (unpaired) electrons. The Hall–Kier alpha value is -3.64. The number of hydrogen-bond donors (Lipinski definition) is 3. The molecule has 0 unspecified atom stereocenters. The third kappa shape index (κ3) is 7.70. The van der Waals surface area contributed by atoms with Gasteiger partial charge in [0.25, 0.3) is 10.0 Å². The van der Waals surface area contributed by atoms with Crippen LogP contribution in [0.15, 0.2) is 64.7 Å². The molecule has 0 atom stereocenters. The highest BCUT2D eigenvalue weighted by Gasteiger charge is 2.23. The Balaban J connectivity index is 0.00000183. The van der Waals surface area contributed by atoms with Crippen LogP contribution in [0.1, 0.15) is 59.4 Å². The van der Waals surface area contributed by atoms with E-state index in [1.54, 1.807) is 12.4 Å². The highest BCUT2D eigenvalue weighted by molar-refractivity contribution is 7.92. The molecule has 1 aromatic carbocycles. The summed E-state index contributed by atoms with van der Waals surface area (Å²) in [5.41, 5.74) is 6.63. The van der Waals surface area contributed by atoms with Gasteiger partial charge in [-0.15, -0.1) is 0 Å². The summed E-state index contributed by atoms with van der Waals surface area (Å²) in [5.74, 6) is 3.76. The largest absolute Gasteiger partial charge is 0.471 e. The molecule has 0 spiro atoms. The molecule has 2 aromatic heterocycles. The number of nitrogens with two attached hydrogens (primary N) is 2. The summed E-state index contributed by atoms with van der Waals surface area (Å²) in [4.78, 5) is 6.35. The highest BCUT2D eigenvalue weighted by Crippen LogP contribution is 2.30. The van der Waals surface area contributed by atoms with Crippen molar-refractivity contribution >= 4 is 32.8 Å². The molecule has 12 heteroatoms. The van der Waals surface area contributed by atoms with Gasteiger partial charge in [-0.05, 0) is 37.1 Å². The normalized spacial score (nSPS) is 14.9. The summed E-state index contributed by atoms with van der Waals surface area (Å²) < 4.78 is 61.6. The first-order chi connectivity index (χ1) is 18.8. The molecule has 3 heterocycles. The maximum Gasteiger partial charge on any atom is 0.265 e. The van der Waals surface area contributed by atoms with Crippen molar-refractivity contribution in [3.8, 4) is 0 Å². The fraction of sp³-hybridized carbons (Fsp3) is 0.370. The minimum Gasteiger partial charge on any atom is -0.471 e. The van der Waals surface area contributed by atoms with Gasteiger partial charge in [0, 0.05) is 32.5 Å². The summed E-state index contributed by atoms with van der Waals surface area (Å²) in [7, 11) is -4.16. The number of anilines is 3. The smallest absolute Gasteiger partial charge is 0.265 e. The van der Waals surface area contributed by atoms with E-state index in [-0.39, 0.29) is 12.0 Å². The molecule has 1 aliphatic heterocycles. The summed E-state index contributed by atoms with van der Waals surface area (Å²) in [6.45, 7) is 5.82. The van der Waals surface area contributed by atoms with Gasteiger partial charge in [0.15, 0.2) is 11.6 Å². The first-order valence-corrected chi connectivity index (χ1v) is 14.5. The molecule has 0 saturated carbocycles. The maximum absolute atomic E-state index is 15.2. The number of pyridine rings is 1. The average Bonchev–Trinajstić information content (AvgIpc) is 3.51. The number of hydrogen-bond acceptors (Lipinski definition) is 8. The number of halogens is 2. The topological polar surface area (TPSA) is 131 Å². The van der Waals surface area contributed by atoms with E-state index in [4.69, 9.17) is 16.0 Å². The number of sulfonamides is 1. The van der Waals surface area contributed by atoms with E-state index in [1.165, 1.54) is 31.7 Å². The third-order valence-corrected chi connectivity index (χ3v) is 7.52. The van der Waals surface area contributed by atoms with Crippen molar-refractivity contribution in [2.75, 3.05) is 27.7 Å². The van der Waals surface area contributed by atoms with E-state index in [0.29, 0.717) is 10.6 Å². The average molecular weight is 565 g/mol. The molecule has 1 fully saturated rings. The van der Waals surface area contributed by atoms with Crippen LogP contribution in [0.2, 0.25) is 0 Å². The lowest BCUT2D eigenvalue weighted by Crippen LogP contribution is -2.28. The summed E-state index contributed by atoms with van der Waals surface area (Å²) in [5, 5.41) is 0.683. The molecule has 39 heavy (non-hydrogen) atoms. The van der Waals surface area contributed by atoms with Crippen LogP contribution >= 0.6 is 0 Å². The molecular formula is C27H38F2N6O3S. The predicted octanol–water partition coefficient (Wildman–Crippen LogP) is 5.82. The lowest BCUT2D eigenvalue weighted by atomic mass is 10.1. The Morgan fingerprint density at radius 1 is 1.10 bits per heavy atom. The number of nitrogens with one attached hydrogen (secondary N) is 1. The van der Waals surface area contributed by atoms with Gasteiger partial charge >= 0.3 is 0 Å². The molecular weight excluding hydrogens is 526 g/mol. The number of nitrogens with zero attached hydrogens (tertiary/aromatic N) is 3. The monoisotopic (exact) mass is 564 g/mol. The molecule has 9 nitrogen and oxygen atoms in total. The first kappa shape index (κ1) is 29.9. The van der Waals surface area contributed by atoms with Gasteiger partial charge in [-0.25, -0.2) is 23.0 Å². The zero-order valence-electron chi connectivity index (χ0n) is 22.2. The molecule has 0 amide bonds. The van der Waals surface area contributed by atoms with Crippen LogP contribution in [-0.2, 0) is 10.0 Å². The van der Waals surface area contributed by atoms with Crippen LogP contribution in [0.5, 0.6) is 0 Å². The predicted molar refractivity (Wildman–Crippen MR) is 152 cm³/mol. The van der Waals surface area contributed by atoms with Crippen LogP contribution in [0, 0.1) is 11.6 Å². The zero-order valence-corrected chi connectivity index (χ0v) is 23.1. The Labute approximate surface area is 230 Å². The van der Waals surface area contributed by atoms with Crippen molar-refractivity contribution in [1.29, 1.82) is 0 Å². The van der Waals surface area contributed by atoms with Gasteiger partial charge < -0.3 is 15.1 Å². The van der Waals surface area contributed by atoms with Crippen molar-refractivity contribution in [3.05, 3.63) is 72.6 Å². The number of rotatable bonds is 7. The van der Waals surface area contributed by atoms with E-state index >= 15 is 4.39 Å². The van der Waals surface area contributed by atoms with Crippen molar-refractivity contribution in [2.24, 2.45) is 11.6 Å². The fourth-order valence-electron chi connectivity index (χ4n) is 4.20. The molecule has 3 aromatic rings. The molecule has 5 N–H and O–H groups in total. The zero-order chi connectivity index (χ0) is 28.4. The van der Waals surface area contributed by atoms with E-state index < -0.39 is 33.0 Å². The third-order valence-electron chi connectivity index (χ3n) is 6.18. The number of benzene rings is 1. The van der Waals surface area contributed by atoms with Crippen molar-refractivity contribution in [3.63, 3.8) is 0 Å². The second-order valence-electron chi connectivity index (χ2n) is 8.85. The quantitative estimate of drug-likeness (QED) is 0.242. The van der Waals surface area contributed by atoms with Crippen molar-refractivity contribution in [2.45, 2.75) is 57.3 Å². The van der Waals surface area contributed by atoms with Crippen molar-refractivity contribution < 1.29 is 23.0 Å². The lowest BCUT2D eigenvalue weighted by molar-refractivity contribution is 0.556. The molecule has 1 saturated heterocycles. The van der Waals surface area contributed by atoms with Crippen LogP contribution in [0.3, 0.4) is 0 Å². The molecule has 0 aliphatic carbocycles.